The highest BCUT2D eigenvalue weighted by molar-refractivity contribution is 5.95. The first-order valence-corrected chi connectivity index (χ1v) is 9.86. The van der Waals surface area contributed by atoms with Crippen LogP contribution in [0.25, 0.3) is 22.3 Å². The number of H-pyrrole nitrogens is 1. The summed E-state index contributed by atoms with van der Waals surface area (Å²) in [6.45, 7) is 3.43. The highest BCUT2D eigenvalue weighted by Gasteiger charge is 2.23. The van der Waals surface area contributed by atoms with Crippen LogP contribution in [0.4, 0.5) is 5.82 Å². The number of carbonyl (C=O) groups excluding carboxylic acids is 1. The van der Waals surface area contributed by atoms with Gasteiger partial charge in [0.05, 0.1) is 5.39 Å². The first kappa shape index (κ1) is 17.2. The van der Waals surface area contributed by atoms with Gasteiger partial charge in [-0.15, -0.1) is 0 Å². The lowest BCUT2D eigenvalue weighted by atomic mass is 10.1. The Bertz CT molecular complexity index is 999. The van der Waals surface area contributed by atoms with Gasteiger partial charge in [-0.25, -0.2) is 9.97 Å². The molecule has 0 unspecified atom stereocenters. The van der Waals surface area contributed by atoms with Crippen molar-refractivity contribution in [3.8, 4) is 11.3 Å². The van der Waals surface area contributed by atoms with Crippen LogP contribution in [0.5, 0.6) is 0 Å². The standard InChI is InChI=1S/C21H24N6O/c1-26-8-10-27(11-9-26)21(28)15-4-2-14(3-5-15)18-12-17-19(24-16-6-7-16)22-13-23-20(17)25-18/h2-5,12-13,16H,6-11H2,1H3,(H2,22,23,24,25). The first-order valence-electron chi connectivity index (χ1n) is 9.86. The lowest BCUT2D eigenvalue weighted by molar-refractivity contribution is 0.0664. The molecule has 3 aromatic rings. The summed E-state index contributed by atoms with van der Waals surface area (Å²) in [6, 6.07) is 10.4. The molecular formula is C21H24N6O. The Balaban J connectivity index is 1.37. The molecule has 1 aliphatic carbocycles. The van der Waals surface area contributed by atoms with Crippen LogP contribution in [0.2, 0.25) is 0 Å². The van der Waals surface area contributed by atoms with Gasteiger partial charge in [0.1, 0.15) is 17.8 Å². The lowest BCUT2D eigenvalue weighted by Crippen LogP contribution is -2.47. The molecule has 0 atom stereocenters. The summed E-state index contributed by atoms with van der Waals surface area (Å²) in [5, 5.41) is 4.46. The van der Waals surface area contributed by atoms with E-state index in [-0.39, 0.29) is 5.91 Å². The fourth-order valence-electron chi connectivity index (χ4n) is 3.62. The van der Waals surface area contributed by atoms with E-state index >= 15 is 0 Å². The summed E-state index contributed by atoms with van der Waals surface area (Å²) in [6.07, 6.45) is 3.99. The smallest absolute Gasteiger partial charge is 0.253 e. The van der Waals surface area contributed by atoms with E-state index in [0.717, 1.165) is 59.9 Å². The number of amides is 1. The van der Waals surface area contributed by atoms with E-state index in [2.05, 4.69) is 38.3 Å². The molecule has 2 fully saturated rings. The van der Waals surface area contributed by atoms with Crippen molar-refractivity contribution < 1.29 is 4.79 Å². The zero-order chi connectivity index (χ0) is 19.1. The molecule has 1 saturated carbocycles. The minimum Gasteiger partial charge on any atom is -0.367 e. The van der Waals surface area contributed by atoms with Crippen LogP contribution in [0.3, 0.4) is 0 Å². The van der Waals surface area contributed by atoms with Crippen molar-refractivity contribution in [3.63, 3.8) is 0 Å². The number of aromatic amines is 1. The number of anilines is 1. The lowest BCUT2D eigenvalue weighted by Gasteiger charge is -2.32. The van der Waals surface area contributed by atoms with Crippen molar-refractivity contribution in [2.75, 3.05) is 38.5 Å². The first-order chi connectivity index (χ1) is 13.7. The van der Waals surface area contributed by atoms with Crippen LogP contribution in [0.15, 0.2) is 36.7 Å². The predicted molar refractivity (Wildman–Crippen MR) is 109 cm³/mol. The second-order valence-electron chi connectivity index (χ2n) is 7.76. The number of likely N-dealkylation sites (N-methyl/N-ethyl adjacent to an activating group) is 1. The van der Waals surface area contributed by atoms with Crippen LogP contribution >= 0.6 is 0 Å². The zero-order valence-electron chi connectivity index (χ0n) is 16.0. The van der Waals surface area contributed by atoms with Crippen molar-refractivity contribution in [1.29, 1.82) is 0 Å². The zero-order valence-corrected chi connectivity index (χ0v) is 16.0. The number of carbonyl (C=O) groups is 1. The predicted octanol–water partition coefficient (Wildman–Crippen LogP) is 2.59. The van der Waals surface area contributed by atoms with Gasteiger partial charge in [0.25, 0.3) is 5.91 Å². The fraction of sp³-hybridized carbons (Fsp3) is 0.381. The number of nitrogens with one attached hydrogen (secondary N) is 2. The van der Waals surface area contributed by atoms with Gasteiger partial charge < -0.3 is 20.1 Å². The third-order valence-electron chi connectivity index (χ3n) is 5.58. The Hall–Kier alpha value is -2.93. The average Bonchev–Trinajstić information content (AvgIpc) is 3.43. The summed E-state index contributed by atoms with van der Waals surface area (Å²) in [5.74, 6) is 0.995. The van der Waals surface area contributed by atoms with Crippen molar-refractivity contribution in [2.45, 2.75) is 18.9 Å². The Labute approximate surface area is 163 Å². The number of benzene rings is 1. The molecule has 7 heteroatoms. The number of nitrogens with zero attached hydrogens (tertiary/aromatic N) is 4. The molecule has 0 bridgehead atoms. The Morgan fingerprint density at radius 2 is 1.86 bits per heavy atom. The third-order valence-corrected chi connectivity index (χ3v) is 5.58. The van der Waals surface area contributed by atoms with E-state index in [4.69, 9.17) is 0 Å². The Morgan fingerprint density at radius 1 is 1.11 bits per heavy atom. The number of rotatable bonds is 4. The van der Waals surface area contributed by atoms with Crippen LogP contribution in [-0.4, -0.2) is 69.9 Å². The van der Waals surface area contributed by atoms with Gasteiger partial charge in [-0.1, -0.05) is 12.1 Å². The molecule has 144 valence electrons. The van der Waals surface area contributed by atoms with Gasteiger partial charge in [-0.2, -0.15) is 0 Å². The summed E-state index contributed by atoms with van der Waals surface area (Å²) in [7, 11) is 2.09. The van der Waals surface area contributed by atoms with Crippen molar-refractivity contribution in [1.82, 2.24) is 24.8 Å². The highest BCUT2D eigenvalue weighted by Crippen LogP contribution is 2.30. The molecule has 1 saturated heterocycles. The Kier molecular flexibility index (Phi) is 4.24. The van der Waals surface area contributed by atoms with Crippen LogP contribution in [-0.2, 0) is 0 Å². The largest absolute Gasteiger partial charge is 0.367 e. The second kappa shape index (κ2) is 6.91. The SMILES string of the molecule is CN1CCN(C(=O)c2ccc(-c3cc4c(NC5CC5)ncnc4[nH]3)cc2)CC1. The van der Waals surface area contributed by atoms with Gasteiger partial charge in [-0.05, 0) is 43.7 Å². The topological polar surface area (TPSA) is 77.2 Å². The van der Waals surface area contributed by atoms with E-state index in [0.29, 0.717) is 6.04 Å². The molecule has 5 rings (SSSR count). The number of fused-ring (bicyclic) bond motifs is 1. The summed E-state index contributed by atoms with van der Waals surface area (Å²) in [4.78, 5) is 29.0. The van der Waals surface area contributed by atoms with Crippen LogP contribution in [0, 0.1) is 0 Å². The molecule has 7 nitrogen and oxygen atoms in total. The van der Waals surface area contributed by atoms with Gasteiger partial charge in [0, 0.05) is 43.5 Å². The molecule has 1 aliphatic heterocycles. The molecule has 0 spiro atoms. The number of hydrogen-bond donors (Lipinski definition) is 2. The van der Waals surface area contributed by atoms with Crippen molar-refractivity contribution in [3.05, 3.63) is 42.2 Å². The molecule has 0 radical (unpaired) electrons. The molecule has 1 aromatic carbocycles. The van der Waals surface area contributed by atoms with Gasteiger partial charge >= 0.3 is 0 Å². The second-order valence-corrected chi connectivity index (χ2v) is 7.76. The number of piperazine rings is 1. The van der Waals surface area contributed by atoms with E-state index in [1.165, 1.54) is 12.8 Å². The molecule has 2 aromatic heterocycles. The molecule has 28 heavy (non-hydrogen) atoms. The summed E-state index contributed by atoms with van der Waals surface area (Å²) < 4.78 is 0. The molecule has 2 aliphatic rings. The molecule has 1 amide bonds. The van der Waals surface area contributed by atoms with E-state index in [1.807, 2.05) is 29.2 Å². The van der Waals surface area contributed by atoms with E-state index < -0.39 is 0 Å². The van der Waals surface area contributed by atoms with E-state index in [1.54, 1.807) is 6.33 Å². The van der Waals surface area contributed by atoms with E-state index in [9.17, 15) is 4.79 Å². The maximum Gasteiger partial charge on any atom is 0.253 e. The average molecular weight is 376 g/mol. The molecular weight excluding hydrogens is 352 g/mol. The highest BCUT2D eigenvalue weighted by atomic mass is 16.2. The van der Waals surface area contributed by atoms with Gasteiger partial charge in [0.15, 0.2) is 0 Å². The summed E-state index contributed by atoms with van der Waals surface area (Å²) >= 11 is 0. The molecule has 3 heterocycles. The van der Waals surface area contributed by atoms with Crippen molar-refractivity contribution >= 4 is 22.8 Å². The summed E-state index contributed by atoms with van der Waals surface area (Å²) in [5.41, 5.74) is 3.57. The number of hydrogen-bond acceptors (Lipinski definition) is 5. The third kappa shape index (κ3) is 3.33. The van der Waals surface area contributed by atoms with Crippen LogP contribution < -0.4 is 5.32 Å². The van der Waals surface area contributed by atoms with Crippen molar-refractivity contribution in [2.24, 2.45) is 0 Å². The monoisotopic (exact) mass is 376 g/mol. The Morgan fingerprint density at radius 3 is 2.57 bits per heavy atom. The van der Waals surface area contributed by atoms with Crippen LogP contribution in [0.1, 0.15) is 23.2 Å². The quantitative estimate of drug-likeness (QED) is 0.732. The normalized spacial score (nSPS) is 17.8. The maximum absolute atomic E-state index is 12.7. The minimum atomic E-state index is 0.109. The maximum atomic E-state index is 12.7. The number of aromatic nitrogens is 3. The minimum absolute atomic E-state index is 0.109. The van der Waals surface area contributed by atoms with Gasteiger partial charge in [0.2, 0.25) is 0 Å². The molecule has 2 N–H and O–H groups in total. The van der Waals surface area contributed by atoms with Gasteiger partial charge in [-0.3, -0.25) is 4.79 Å². The fourth-order valence-corrected chi connectivity index (χ4v) is 3.62.